The summed E-state index contributed by atoms with van der Waals surface area (Å²) >= 11 is 5.33. The van der Waals surface area contributed by atoms with Crippen LogP contribution in [0.3, 0.4) is 0 Å². The van der Waals surface area contributed by atoms with E-state index >= 15 is 0 Å². The number of likely N-dealkylation sites (tertiary alicyclic amines) is 1. The van der Waals surface area contributed by atoms with Crippen LogP contribution < -0.4 is 9.47 Å². The smallest absolute Gasteiger partial charge is 0.288 e. The number of Topliss-reactive ketones (excluding diaryl/α,β-unsaturated/α-hetero) is 1. The van der Waals surface area contributed by atoms with Crippen LogP contribution in [0.15, 0.2) is 40.8 Å². The predicted octanol–water partition coefficient (Wildman–Crippen LogP) is 4.72. The number of aromatic nitrogens is 2. The molecule has 33 heavy (non-hydrogen) atoms. The van der Waals surface area contributed by atoms with Gasteiger partial charge in [0.15, 0.2) is 17.3 Å². The van der Waals surface area contributed by atoms with Crippen molar-refractivity contribution in [2.24, 2.45) is 5.92 Å². The molecule has 2 aromatic carbocycles. The van der Waals surface area contributed by atoms with E-state index in [4.69, 9.17) is 26.1 Å². The molecule has 1 aliphatic rings. The van der Waals surface area contributed by atoms with Gasteiger partial charge in [0.05, 0.1) is 26.5 Å². The largest absolute Gasteiger partial charge is 0.493 e. The molecule has 4 rings (SSSR count). The highest BCUT2D eigenvalue weighted by Gasteiger charge is 2.28. The number of rotatable bonds is 7. The maximum absolute atomic E-state index is 14.0. The summed E-state index contributed by atoms with van der Waals surface area (Å²) in [5.74, 6) is -0.538. The Morgan fingerprint density at radius 1 is 1.12 bits per heavy atom. The van der Waals surface area contributed by atoms with Crippen molar-refractivity contribution < 1.29 is 27.5 Å². The van der Waals surface area contributed by atoms with E-state index in [0.717, 1.165) is 18.2 Å². The van der Waals surface area contributed by atoms with Crippen LogP contribution in [0.25, 0.3) is 11.5 Å². The third-order valence-electron chi connectivity index (χ3n) is 5.72. The number of hydrogen-bond donors (Lipinski definition) is 0. The normalized spacial score (nSPS) is 14.9. The van der Waals surface area contributed by atoms with E-state index in [1.807, 2.05) is 0 Å². The summed E-state index contributed by atoms with van der Waals surface area (Å²) in [7, 11) is 3.11. The molecule has 7 nitrogen and oxygen atoms in total. The minimum atomic E-state index is -0.694. The first-order valence-electron chi connectivity index (χ1n) is 10.4. The lowest BCUT2D eigenvalue weighted by Gasteiger charge is -2.30. The number of carbonyl (C=O) groups is 1. The zero-order chi connectivity index (χ0) is 23.5. The van der Waals surface area contributed by atoms with Gasteiger partial charge in [-0.15, -0.1) is 5.10 Å². The van der Waals surface area contributed by atoms with Crippen LogP contribution >= 0.6 is 12.2 Å². The van der Waals surface area contributed by atoms with Gasteiger partial charge in [-0.25, -0.2) is 13.5 Å². The van der Waals surface area contributed by atoms with Crippen molar-refractivity contribution in [3.05, 3.63) is 58.4 Å². The van der Waals surface area contributed by atoms with Crippen LogP contribution in [0.4, 0.5) is 8.78 Å². The Labute approximate surface area is 194 Å². The van der Waals surface area contributed by atoms with Crippen molar-refractivity contribution in [1.29, 1.82) is 0 Å². The van der Waals surface area contributed by atoms with Gasteiger partial charge in [-0.05, 0) is 61.5 Å². The quantitative estimate of drug-likeness (QED) is 0.362. The fourth-order valence-corrected chi connectivity index (χ4v) is 4.09. The number of ether oxygens (including phenoxy) is 2. The molecule has 1 aromatic heterocycles. The summed E-state index contributed by atoms with van der Waals surface area (Å²) in [5.41, 5.74) is 0.505. The number of ketones is 1. The molecule has 0 unspecified atom stereocenters. The van der Waals surface area contributed by atoms with Gasteiger partial charge in [0, 0.05) is 24.6 Å². The fraction of sp³-hybridized carbons (Fsp3) is 0.348. The molecule has 1 saturated heterocycles. The Kier molecular flexibility index (Phi) is 6.85. The minimum absolute atomic E-state index is 0.188. The molecule has 2 heterocycles. The number of hydrogen-bond acceptors (Lipinski definition) is 7. The molecule has 0 atom stereocenters. The summed E-state index contributed by atoms with van der Waals surface area (Å²) in [6, 6.07) is 8.28. The lowest BCUT2D eigenvalue weighted by molar-refractivity contribution is 0.0797. The standard InChI is InChI=1S/C23H23F2N3O4S/c1-30-19-6-3-15(11-20(19)31-2)22-26-28(23(33)32-22)13-27-9-7-14(8-10-27)21(29)17-12-16(24)4-5-18(17)25/h3-6,11-12,14H,7-10,13H2,1-2H3. The van der Waals surface area contributed by atoms with Gasteiger partial charge in [-0.3, -0.25) is 9.69 Å². The fourth-order valence-electron chi connectivity index (χ4n) is 3.91. The monoisotopic (exact) mass is 475 g/mol. The molecule has 3 aromatic rings. The van der Waals surface area contributed by atoms with Crippen molar-refractivity contribution in [1.82, 2.24) is 14.7 Å². The second-order valence-corrected chi connectivity index (χ2v) is 8.11. The average molecular weight is 476 g/mol. The van der Waals surface area contributed by atoms with Crippen LogP contribution in [-0.4, -0.2) is 47.8 Å². The molecule has 10 heteroatoms. The van der Waals surface area contributed by atoms with Crippen LogP contribution in [0.5, 0.6) is 11.5 Å². The van der Waals surface area contributed by atoms with Crippen LogP contribution in [0.1, 0.15) is 23.2 Å². The van der Waals surface area contributed by atoms with Crippen LogP contribution in [0, 0.1) is 22.4 Å². The van der Waals surface area contributed by atoms with E-state index in [0.29, 0.717) is 55.6 Å². The molecule has 0 amide bonds. The number of nitrogens with zero attached hydrogens (tertiary/aromatic N) is 3. The Morgan fingerprint density at radius 3 is 2.55 bits per heavy atom. The summed E-state index contributed by atoms with van der Waals surface area (Å²) in [6.45, 7) is 1.58. The van der Waals surface area contributed by atoms with Gasteiger partial charge in [-0.1, -0.05) is 0 Å². The SMILES string of the molecule is COc1ccc(-c2nn(CN3CCC(C(=O)c4cc(F)ccc4F)CC3)c(=S)o2)cc1OC. The van der Waals surface area contributed by atoms with Crippen molar-refractivity contribution in [2.45, 2.75) is 19.5 Å². The molecule has 0 radical (unpaired) electrons. The number of benzene rings is 2. The number of halogens is 2. The van der Waals surface area contributed by atoms with Crippen molar-refractivity contribution in [2.75, 3.05) is 27.3 Å². The second kappa shape index (κ2) is 9.80. The number of carbonyl (C=O) groups excluding carboxylic acids is 1. The second-order valence-electron chi connectivity index (χ2n) is 7.76. The Morgan fingerprint density at radius 2 is 1.85 bits per heavy atom. The molecule has 0 bridgehead atoms. The molecule has 0 N–H and O–H groups in total. The zero-order valence-corrected chi connectivity index (χ0v) is 19.0. The average Bonchev–Trinajstić information content (AvgIpc) is 3.20. The predicted molar refractivity (Wildman–Crippen MR) is 119 cm³/mol. The molecule has 174 valence electrons. The highest BCUT2D eigenvalue weighted by atomic mass is 32.1. The van der Waals surface area contributed by atoms with E-state index in [1.54, 1.807) is 37.1 Å². The lowest BCUT2D eigenvalue weighted by Crippen LogP contribution is -2.37. The molecule has 0 saturated carbocycles. The topological polar surface area (TPSA) is 69.7 Å². The first-order chi connectivity index (χ1) is 15.9. The van der Waals surface area contributed by atoms with Gasteiger partial charge >= 0.3 is 0 Å². The summed E-state index contributed by atoms with van der Waals surface area (Å²) < 4.78 is 45.2. The maximum Gasteiger partial charge on any atom is 0.288 e. The summed E-state index contributed by atoms with van der Waals surface area (Å²) in [5, 5.41) is 4.48. The van der Waals surface area contributed by atoms with Crippen LogP contribution in [-0.2, 0) is 6.67 Å². The third kappa shape index (κ3) is 4.96. The molecule has 1 aliphatic heterocycles. The first kappa shape index (κ1) is 23.1. The highest BCUT2D eigenvalue weighted by molar-refractivity contribution is 7.71. The van der Waals surface area contributed by atoms with E-state index in [9.17, 15) is 13.6 Å². The van der Waals surface area contributed by atoms with Gasteiger partial charge in [-0.2, -0.15) is 0 Å². The van der Waals surface area contributed by atoms with Gasteiger partial charge in [0.2, 0.25) is 5.89 Å². The Bertz CT molecular complexity index is 1220. The van der Waals surface area contributed by atoms with E-state index in [2.05, 4.69) is 10.00 Å². The van der Waals surface area contributed by atoms with Crippen molar-refractivity contribution in [3.63, 3.8) is 0 Å². The molecule has 1 fully saturated rings. The van der Waals surface area contributed by atoms with Crippen LogP contribution in [0.2, 0.25) is 0 Å². The number of piperidine rings is 1. The van der Waals surface area contributed by atoms with E-state index < -0.39 is 11.6 Å². The lowest BCUT2D eigenvalue weighted by atomic mass is 9.89. The Hall–Kier alpha value is -3.11. The van der Waals surface area contributed by atoms with Gasteiger partial charge in [0.1, 0.15) is 11.6 Å². The van der Waals surface area contributed by atoms with Gasteiger partial charge < -0.3 is 13.9 Å². The van der Waals surface area contributed by atoms with E-state index in [-0.39, 0.29) is 22.1 Å². The van der Waals surface area contributed by atoms with E-state index in [1.165, 1.54) is 0 Å². The zero-order valence-electron chi connectivity index (χ0n) is 18.2. The highest BCUT2D eigenvalue weighted by Crippen LogP contribution is 2.32. The summed E-state index contributed by atoms with van der Waals surface area (Å²) in [4.78, 5) is 15.0. The number of methoxy groups -OCH3 is 2. The first-order valence-corrected chi connectivity index (χ1v) is 10.8. The minimum Gasteiger partial charge on any atom is -0.493 e. The third-order valence-corrected chi connectivity index (χ3v) is 6.02. The molecule has 0 spiro atoms. The van der Waals surface area contributed by atoms with Crippen molar-refractivity contribution >= 4 is 18.0 Å². The maximum atomic E-state index is 14.0. The van der Waals surface area contributed by atoms with Gasteiger partial charge in [0.25, 0.3) is 4.84 Å². The summed E-state index contributed by atoms with van der Waals surface area (Å²) in [6.07, 6.45) is 1.06. The molecule has 0 aliphatic carbocycles. The Balaban J connectivity index is 1.41. The molecular formula is C23H23F2N3O4S. The molecular weight excluding hydrogens is 452 g/mol. The van der Waals surface area contributed by atoms with Crippen molar-refractivity contribution in [3.8, 4) is 23.0 Å².